The minimum atomic E-state index is -0.318. The van der Waals surface area contributed by atoms with Gasteiger partial charge in [0.15, 0.2) is 5.13 Å². The first-order valence-corrected chi connectivity index (χ1v) is 10.3. The Morgan fingerprint density at radius 3 is 2.11 bits per heavy atom. The summed E-state index contributed by atoms with van der Waals surface area (Å²) in [5.74, 6) is -0.581. The van der Waals surface area contributed by atoms with Gasteiger partial charge < -0.3 is 0 Å². The molecule has 9 heteroatoms. The lowest BCUT2D eigenvalue weighted by atomic mass is 9.87. The molecule has 0 spiro atoms. The van der Waals surface area contributed by atoms with E-state index in [-0.39, 0.29) is 17.2 Å². The van der Waals surface area contributed by atoms with Gasteiger partial charge in [0.25, 0.3) is 11.8 Å². The van der Waals surface area contributed by atoms with Crippen molar-refractivity contribution in [3.8, 4) is 0 Å². The zero-order valence-electron chi connectivity index (χ0n) is 16.3. The lowest BCUT2D eigenvalue weighted by Crippen LogP contribution is -2.14. The first-order valence-electron chi connectivity index (χ1n) is 8.64. The number of aryl methyl sites for hydroxylation is 2. The van der Waals surface area contributed by atoms with Gasteiger partial charge in [0.1, 0.15) is 9.88 Å². The van der Waals surface area contributed by atoms with Crippen molar-refractivity contribution < 1.29 is 9.59 Å². The first-order chi connectivity index (χ1) is 13.1. The summed E-state index contributed by atoms with van der Waals surface area (Å²) in [4.78, 5) is 29.6. The fourth-order valence-corrected chi connectivity index (χ4v) is 3.90. The number of nitrogens with zero attached hydrogens (tertiary/aromatic N) is 3. The van der Waals surface area contributed by atoms with E-state index in [1.165, 1.54) is 11.3 Å². The maximum Gasteiger partial charge on any atom is 0.269 e. The van der Waals surface area contributed by atoms with Crippen LogP contribution in [0, 0.1) is 13.8 Å². The minimum absolute atomic E-state index is 0.0230. The van der Waals surface area contributed by atoms with E-state index in [0.717, 1.165) is 21.9 Å². The second kappa shape index (κ2) is 7.76. The Labute approximate surface area is 171 Å². The van der Waals surface area contributed by atoms with Crippen LogP contribution in [0.25, 0.3) is 0 Å². The van der Waals surface area contributed by atoms with E-state index in [0.29, 0.717) is 26.4 Å². The Morgan fingerprint density at radius 1 is 0.893 bits per heavy atom. The monoisotopic (exact) mass is 415 g/mol. The molecular formula is C19H21N5O2S2. The van der Waals surface area contributed by atoms with Crippen molar-refractivity contribution in [1.82, 2.24) is 15.2 Å². The standard InChI is InChI=1S/C19H21N5O2S2/c1-10-14(16(26)22-18-24-23-11(2)27-18)28-17(20-10)21-15(25)12-6-8-13(9-7-12)19(3,4)5/h6-9H,1-5H3,(H,20,21,25)(H,22,24,26). The lowest BCUT2D eigenvalue weighted by Gasteiger charge is -2.18. The number of rotatable bonds is 4. The Balaban J connectivity index is 1.70. The van der Waals surface area contributed by atoms with Gasteiger partial charge in [-0.2, -0.15) is 0 Å². The summed E-state index contributed by atoms with van der Waals surface area (Å²) >= 11 is 2.42. The molecule has 28 heavy (non-hydrogen) atoms. The highest BCUT2D eigenvalue weighted by Crippen LogP contribution is 2.26. The maximum absolute atomic E-state index is 12.5. The zero-order chi connectivity index (χ0) is 20.5. The normalized spacial score (nSPS) is 11.3. The molecular weight excluding hydrogens is 394 g/mol. The van der Waals surface area contributed by atoms with Crippen molar-refractivity contribution in [2.24, 2.45) is 0 Å². The van der Waals surface area contributed by atoms with Gasteiger partial charge in [0.2, 0.25) is 5.13 Å². The summed E-state index contributed by atoms with van der Waals surface area (Å²) in [6.07, 6.45) is 0. The Morgan fingerprint density at radius 2 is 1.54 bits per heavy atom. The van der Waals surface area contributed by atoms with E-state index in [4.69, 9.17) is 0 Å². The Bertz CT molecular complexity index is 1020. The van der Waals surface area contributed by atoms with Gasteiger partial charge in [-0.05, 0) is 37.0 Å². The molecule has 0 saturated carbocycles. The second-order valence-corrected chi connectivity index (χ2v) is 9.48. The molecule has 0 aliphatic carbocycles. The molecule has 0 fully saturated rings. The van der Waals surface area contributed by atoms with Crippen LogP contribution >= 0.6 is 22.7 Å². The quantitative estimate of drug-likeness (QED) is 0.658. The third-order valence-electron chi connectivity index (χ3n) is 3.98. The number of carbonyl (C=O) groups is 2. The number of hydrogen-bond donors (Lipinski definition) is 2. The van der Waals surface area contributed by atoms with Crippen LogP contribution < -0.4 is 10.6 Å². The number of carbonyl (C=O) groups excluding carboxylic acids is 2. The molecule has 0 atom stereocenters. The molecule has 2 N–H and O–H groups in total. The van der Waals surface area contributed by atoms with E-state index < -0.39 is 0 Å². The lowest BCUT2D eigenvalue weighted by molar-refractivity contribution is 0.102. The second-order valence-electron chi connectivity index (χ2n) is 7.30. The molecule has 146 valence electrons. The van der Waals surface area contributed by atoms with Crippen LogP contribution in [0.1, 0.15) is 57.1 Å². The summed E-state index contributed by atoms with van der Waals surface area (Å²) in [6.45, 7) is 9.90. The predicted octanol–water partition coefficient (Wildman–Crippen LogP) is 4.41. The highest BCUT2D eigenvalue weighted by atomic mass is 32.1. The Kier molecular flexibility index (Phi) is 5.57. The summed E-state index contributed by atoms with van der Waals surface area (Å²) in [6, 6.07) is 7.49. The van der Waals surface area contributed by atoms with Crippen molar-refractivity contribution in [3.63, 3.8) is 0 Å². The van der Waals surface area contributed by atoms with E-state index in [1.807, 2.05) is 19.1 Å². The smallest absolute Gasteiger partial charge is 0.269 e. The number of aromatic nitrogens is 3. The SMILES string of the molecule is Cc1nnc(NC(=O)c2sc(NC(=O)c3ccc(C(C)(C)C)cc3)nc2C)s1. The molecule has 0 radical (unpaired) electrons. The molecule has 0 aliphatic rings. The van der Waals surface area contributed by atoms with Gasteiger partial charge in [-0.25, -0.2) is 4.98 Å². The third-order valence-corrected chi connectivity index (χ3v) is 5.81. The van der Waals surface area contributed by atoms with Crippen molar-refractivity contribution >= 4 is 44.8 Å². The molecule has 2 heterocycles. The molecule has 3 rings (SSSR count). The predicted molar refractivity (Wildman–Crippen MR) is 113 cm³/mol. The van der Waals surface area contributed by atoms with Crippen molar-refractivity contribution in [2.45, 2.75) is 40.0 Å². The van der Waals surface area contributed by atoms with Crippen LogP contribution in [0.3, 0.4) is 0 Å². The summed E-state index contributed by atoms with van der Waals surface area (Å²) in [5, 5.41) is 14.8. The number of thiazole rings is 1. The number of nitrogens with one attached hydrogen (secondary N) is 2. The number of benzene rings is 1. The van der Waals surface area contributed by atoms with Crippen LogP contribution in [0.2, 0.25) is 0 Å². The highest BCUT2D eigenvalue weighted by Gasteiger charge is 2.19. The highest BCUT2D eigenvalue weighted by molar-refractivity contribution is 7.18. The fraction of sp³-hybridized carbons (Fsp3) is 0.316. The van der Waals surface area contributed by atoms with Crippen molar-refractivity contribution in [3.05, 3.63) is 51.0 Å². The van der Waals surface area contributed by atoms with E-state index >= 15 is 0 Å². The van der Waals surface area contributed by atoms with Crippen LogP contribution in [-0.4, -0.2) is 27.0 Å². The molecule has 3 aromatic rings. The van der Waals surface area contributed by atoms with Gasteiger partial charge in [0.05, 0.1) is 5.69 Å². The molecule has 0 unspecified atom stereocenters. The van der Waals surface area contributed by atoms with Gasteiger partial charge in [-0.15, -0.1) is 10.2 Å². The molecule has 1 aromatic carbocycles. The zero-order valence-corrected chi connectivity index (χ0v) is 17.9. The fourth-order valence-electron chi connectivity index (χ4n) is 2.45. The number of anilines is 2. The third kappa shape index (κ3) is 4.60. The minimum Gasteiger partial charge on any atom is -0.298 e. The van der Waals surface area contributed by atoms with E-state index in [9.17, 15) is 9.59 Å². The summed E-state index contributed by atoms with van der Waals surface area (Å²) in [7, 11) is 0. The summed E-state index contributed by atoms with van der Waals surface area (Å²) in [5.41, 5.74) is 2.26. The van der Waals surface area contributed by atoms with Crippen molar-refractivity contribution in [2.75, 3.05) is 10.6 Å². The molecule has 0 saturated heterocycles. The molecule has 2 aromatic heterocycles. The van der Waals surface area contributed by atoms with E-state index in [1.54, 1.807) is 19.1 Å². The average Bonchev–Trinajstić information content (AvgIpc) is 3.19. The maximum atomic E-state index is 12.5. The molecule has 0 bridgehead atoms. The van der Waals surface area contributed by atoms with Gasteiger partial charge >= 0.3 is 0 Å². The average molecular weight is 416 g/mol. The number of amides is 2. The van der Waals surface area contributed by atoms with Gasteiger partial charge in [-0.1, -0.05) is 55.6 Å². The van der Waals surface area contributed by atoms with Gasteiger partial charge in [0, 0.05) is 5.56 Å². The molecule has 2 amide bonds. The van der Waals surface area contributed by atoms with Gasteiger partial charge in [-0.3, -0.25) is 20.2 Å². The number of hydrogen-bond acceptors (Lipinski definition) is 7. The Hall–Kier alpha value is -2.65. The van der Waals surface area contributed by atoms with E-state index in [2.05, 4.69) is 46.6 Å². The first kappa shape index (κ1) is 20.1. The molecule has 0 aliphatic heterocycles. The van der Waals surface area contributed by atoms with Crippen LogP contribution in [0.15, 0.2) is 24.3 Å². The van der Waals surface area contributed by atoms with Crippen LogP contribution in [-0.2, 0) is 5.41 Å². The van der Waals surface area contributed by atoms with Crippen molar-refractivity contribution in [1.29, 1.82) is 0 Å². The van der Waals surface area contributed by atoms with Crippen LogP contribution in [0.4, 0.5) is 10.3 Å². The summed E-state index contributed by atoms with van der Waals surface area (Å²) < 4.78 is 0. The topological polar surface area (TPSA) is 96.9 Å². The van der Waals surface area contributed by atoms with Crippen LogP contribution in [0.5, 0.6) is 0 Å². The largest absolute Gasteiger partial charge is 0.298 e. The molecule has 7 nitrogen and oxygen atoms in total.